The predicted octanol–water partition coefficient (Wildman–Crippen LogP) is 7.53. The summed E-state index contributed by atoms with van der Waals surface area (Å²) in [5.74, 6) is 0. The molecule has 2 unspecified atom stereocenters. The quantitative estimate of drug-likeness (QED) is 0.353. The SMILES string of the molecule is CC1=CC(C)=C(c2ccccc2)C(C)(c2ccccc2)C1(CC=Cc1ccccc1C(F)(F)F)S(N)(=O)=O. The van der Waals surface area contributed by atoms with Crippen molar-refractivity contribution in [1.82, 2.24) is 0 Å². The maximum absolute atomic E-state index is 13.8. The van der Waals surface area contributed by atoms with Gasteiger partial charge in [0.15, 0.2) is 0 Å². The van der Waals surface area contributed by atoms with Gasteiger partial charge in [0.25, 0.3) is 0 Å². The van der Waals surface area contributed by atoms with Gasteiger partial charge in [-0.1, -0.05) is 97.1 Å². The summed E-state index contributed by atoms with van der Waals surface area (Å²) in [6.07, 6.45) is -0.0129. The van der Waals surface area contributed by atoms with Gasteiger partial charge in [0.2, 0.25) is 10.0 Å². The Bertz CT molecular complexity index is 1520. The molecule has 2 atom stereocenters. The van der Waals surface area contributed by atoms with Crippen LogP contribution in [0.3, 0.4) is 0 Å². The number of sulfonamides is 1. The Kier molecular flexibility index (Phi) is 7.30. The van der Waals surface area contributed by atoms with Gasteiger partial charge in [-0.2, -0.15) is 13.2 Å². The number of hydrogen-bond donors (Lipinski definition) is 1. The molecule has 38 heavy (non-hydrogen) atoms. The third kappa shape index (κ3) is 4.54. The lowest BCUT2D eigenvalue weighted by atomic mass is 9.58. The Labute approximate surface area is 222 Å². The van der Waals surface area contributed by atoms with Gasteiger partial charge in [0.05, 0.1) is 5.56 Å². The number of primary sulfonamides is 1. The molecule has 0 amide bonds. The maximum atomic E-state index is 13.8. The molecule has 3 nitrogen and oxygen atoms in total. The lowest BCUT2D eigenvalue weighted by Gasteiger charge is -2.52. The van der Waals surface area contributed by atoms with Crippen LogP contribution < -0.4 is 5.14 Å². The highest BCUT2D eigenvalue weighted by atomic mass is 32.2. The van der Waals surface area contributed by atoms with Crippen LogP contribution >= 0.6 is 0 Å². The molecule has 198 valence electrons. The molecule has 1 aliphatic carbocycles. The fraction of sp³-hybridized carbons (Fsp3) is 0.226. The van der Waals surface area contributed by atoms with Crippen LogP contribution in [0.25, 0.3) is 11.6 Å². The van der Waals surface area contributed by atoms with Gasteiger partial charge >= 0.3 is 6.18 Å². The summed E-state index contributed by atoms with van der Waals surface area (Å²) >= 11 is 0. The molecule has 0 radical (unpaired) electrons. The lowest BCUT2D eigenvalue weighted by molar-refractivity contribution is -0.137. The van der Waals surface area contributed by atoms with Crippen LogP contribution in [0.15, 0.2) is 108 Å². The van der Waals surface area contributed by atoms with Crippen LogP contribution in [0.4, 0.5) is 13.2 Å². The van der Waals surface area contributed by atoms with Gasteiger partial charge < -0.3 is 0 Å². The number of halogens is 3. The Morgan fingerprint density at radius 2 is 1.42 bits per heavy atom. The van der Waals surface area contributed by atoms with E-state index in [0.29, 0.717) is 5.57 Å². The van der Waals surface area contributed by atoms with E-state index in [2.05, 4.69) is 0 Å². The monoisotopic (exact) mass is 537 g/mol. The number of nitrogens with two attached hydrogens (primary N) is 1. The minimum absolute atomic E-state index is 0.0431. The minimum Gasteiger partial charge on any atom is -0.228 e. The third-order valence-electron chi connectivity index (χ3n) is 7.64. The van der Waals surface area contributed by atoms with E-state index in [4.69, 9.17) is 5.14 Å². The molecule has 0 heterocycles. The first-order valence-electron chi connectivity index (χ1n) is 12.2. The molecule has 0 aromatic heterocycles. The van der Waals surface area contributed by atoms with E-state index in [1.165, 1.54) is 30.4 Å². The molecule has 0 bridgehead atoms. The van der Waals surface area contributed by atoms with Crippen LogP contribution in [-0.2, 0) is 21.6 Å². The lowest BCUT2D eigenvalue weighted by Crippen LogP contribution is -2.60. The molecular weight excluding hydrogens is 507 g/mol. The van der Waals surface area contributed by atoms with Crippen molar-refractivity contribution >= 4 is 21.7 Å². The minimum atomic E-state index is -4.54. The Morgan fingerprint density at radius 1 is 0.868 bits per heavy atom. The zero-order valence-electron chi connectivity index (χ0n) is 21.5. The summed E-state index contributed by atoms with van der Waals surface area (Å²) in [7, 11) is -4.33. The topological polar surface area (TPSA) is 60.2 Å². The average molecular weight is 538 g/mol. The molecule has 3 aromatic rings. The van der Waals surface area contributed by atoms with Crippen LogP contribution in [0.2, 0.25) is 0 Å². The molecule has 0 aliphatic heterocycles. The average Bonchev–Trinajstić information content (AvgIpc) is 2.86. The smallest absolute Gasteiger partial charge is 0.228 e. The molecule has 0 saturated carbocycles. The van der Waals surface area contributed by atoms with Crippen LogP contribution in [0.5, 0.6) is 0 Å². The standard InChI is InChI=1S/C31H30F3NO2S/c1-22-21-23(2)30(38(35,36)37,20-12-16-24-13-10-11-19-27(24)31(32,33)34)29(3,26-17-8-5-9-18-26)28(22)25-14-6-4-7-15-25/h4-19,21H,20H2,1-3H3,(H2,35,36,37). The normalized spacial score (nSPS) is 22.6. The van der Waals surface area contributed by atoms with Gasteiger partial charge in [-0.05, 0) is 66.7 Å². The zero-order valence-corrected chi connectivity index (χ0v) is 22.3. The van der Waals surface area contributed by atoms with Crippen LogP contribution in [0, 0.1) is 0 Å². The maximum Gasteiger partial charge on any atom is 0.416 e. The number of benzene rings is 3. The first kappa shape index (κ1) is 27.6. The van der Waals surface area contributed by atoms with Gasteiger partial charge in [-0.15, -0.1) is 0 Å². The highest BCUT2D eigenvalue weighted by Gasteiger charge is 2.60. The highest BCUT2D eigenvalue weighted by molar-refractivity contribution is 7.90. The van der Waals surface area contributed by atoms with Gasteiger partial charge in [0, 0.05) is 5.41 Å². The highest BCUT2D eigenvalue weighted by Crippen LogP contribution is 2.57. The second kappa shape index (κ2) is 10.0. The summed E-state index contributed by atoms with van der Waals surface area (Å²) in [6, 6.07) is 24.0. The van der Waals surface area contributed by atoms with Crippen molar-refractivity contribution < 1.29 is 21.6 Å². The zero-order chi connectivity index (χ0) is 27.8. The Morgan fingerprint density at radius 3 is 2.00 bits per heavy atom. The van der Waals surface area contributed by atoms with Crippen LogP contribution in [0.1, 0.15) is 49.4 Å². The van der Waals surface area contributed by atoms with Crippen LogP contribution in [-0.4, -0.2) is 13.2 Å². The van der Waals surface area contributed by atoms with Crippen molar-refractivity contribution in [3.63, 3.8) is 0 Å². The largest absolute Gasteiger partial charge is 0.416 e. The van der Waals surface area contributed by atoms with E-state index >= 15 is 0 Å². The first-order chi connectivity index (χ1) is 17.8. The van der Waals surface area contributed by atoms with E-state index in [1.807, 2.05) is 80.6 Å². The van der Waals surface area contributed by atoms with Gasteiger partial charge in [0.1, 0.15) is 4.75 Å². The Balaban J connectivity index is 1.99. The second-order valence-corrected chi connectivity index (χ2v) is 11.6. The molecule has 7 heteroatoms. The van der Waals surface area contributed by atoms with E-state index < -0.39 is 31.9 Å². The number of alkyl halides is 3. The first-order valence-corrected chi connectivity index (χ1v) is 13.7. The van der Waals surface area contributed by atoms with E-state index in [1.54, 1.807) is 6.92 Å². The van der Waals surface area contributed by atoms with Crippen molar-refractivity contribution in [3.05, 3.63) is 130 Å². The van der Waals surface area contributed by atoms with Gasteiger partial charge in [-0.3, -0.25) is 0 Å². The summed E-state index contributed by atoms with van der Waals surface area (Å²) in [4.78, 5) is 0. The molecule has 0 saturated heterocycles. The molecule has 4 rings (SSSR count). The Hall–Kier alpha value is -3.42. The van der Waals surface area contributed by atoms with Crippen molar-refractivity contribution in [2.24, 2.45) is 5.14 Å². The third-order valence-corrected chi connectivity index (χ3v) is 9.51. The second-order valence-electron chi connectivity index (χ2n) is 9.81. The molecule has 1 aliphatic rings. The van der Waals surface area contributed by atoms with Gasteiger partial charge in [-0.25, -0.2) is 13.6 Å². The van der Waals surface area contributed by atoms with Crippen molar-refractivity contribution in [2.45, 2.75) is 43.5 Å². The van der Waals surface area contributed by atoms with E-state index in [9.17, 15) is 21.6 Å². The summed E-state index contributed by atoms with van der Waals surface area (Å²) in [5, 5.41) is 6.11. The summed E-state index contributed by atoms with van der Waals surface area (Å²) in [5.41, 5.74) is 1.81. The number of hydrogen-bond acceptors (Lipinski definition) is 2. The molecule has 0 fully saturated rings. The van der Waals surface area contributed by atoms with Crippen molar-refractivity contribution in [2.75, 3.05) is 0 Å². The van der Waals surface area contributed by atoms with E-state index in [-0.39, 0.29) is 12.0 Å². The predicted molar refractivity (Wildman–Crippen MR) is 148 cm³/mol. The number of rotatable bonds is 6. The fourth-order valence-corrected chi connectivity index (χ4v) is 7.64. The summed E-state index contributed by atoms with van der Waals surface area (Å²) in [6.45, 7) is 5.54. The molecule has 2 N–H and O–H groups in total. The van der Waals surface area contributed by atoms with Crippen molar-refractivity contribution in [1.29, 1.82) is 0 Å². The van der Waals surface area contributed by atoms with E-state index in [0.717, 1.165) is 28.3 Å². The molecular formula is C31H30F3NO2S. The summed E-state index contributed by atoms with van der Waals surface area (Å²) < 4.78 is 66.7. The molecule has 3 aromatic carbocycles. The number of allylic oxidation sites excluding steroid dienone is 4. The fourth-order valence-electron chi connectivity index (χ4n) is 6.02. The molecule has 0 spiro atoms. The van der Waals surface area contributed by atoms with Crippen molar-refractivity contribution in [3.8, 4) is 0 Å².